The highest BCUT2D eigenvalue weighted by Crippen LogP contribution is 2.69. The number of hydrogen-bond acceptors (Lipinski definition) is 3. The number of anilines is 1. The van der Waals surface area contributed by atoms with Gasteiger partial charge in [-0.1, -0.05) is 38.4 Å². The molecule has 2 aliphatic carbocycles. The minimum atomic E-state index is -1.28. The minimum Gasteiger partial charge on any atom is -0.325 e. The molecule has 1 aromatic carbocycles. The number of ketones is 2. The lowest BCUT2D eigenvalue weighted by Crippen LogP contribution is -2.47. The standard InChI is InChI=1S/C18H20ClNO3/c1-10-11(19)6-5-7-12(10)20-15(23)18-9-8-17(4,16(18,2)3)13(21)14(18)22/h5-7H,8-9H2,1-4H3,(H,20,23). The Labute approximate surface area is 140 Å². The quantitative estimate of drug-likeness (QED) is 0.665. The topological polar surface area (TPSA) is 63.2 Å². The van der Waals surface area contributed by atoms with Gasteiger partial charge >= 0.3 is 0 Å². The van der Waals surface area contributed by atoms with E-state index >= 15 is 0 Å². The fourth-order valence-corrected chi connectivity index (χ4v) is 4.42. The third-order valence-corrected chi connectivity index (χ3v) is 6.85. The van der Waals surface area contributed by atoms with E-state index in [1.54, 1.807) is 32.0 Å². The summed E-state index contributed by atoms with van der Waals surface area (Å²) in [6.45, 7) is 7.32. The molecule has 2 saturated carbocycles. The monoisotopic (exact) mass is 333 g/mol. The number of carbonyl (C=O) groups excluding carboxylic acids is 3. The van der Waals surface area contributed by atoms with Gasteiger partial charge in [0, 0.05) is 16.1 Å². The van der Waals surface area contributed by atoms with Crippen LogP contribution in [0.3, 0.4) is 0 Å². The molecule has 122 valence electrons. The molecule has 5 heteroatoms. The fourth-order valence-electron chi connectivity index (χ4n) is 4.24. The van der Waals surface area contributed by atoms with Crippen molar-refractivity contribution in [2.75, 3.05) is 5.32 Å². The number of carbonyl (C=O) groups is 3. The van der Waals surface area contributed by atoms with Crippen LogP contribution < -0.4 is 5.32 Å². The normalized spacial score (nSPS) is 31.5. The highest BCUT2D eigenvalue weighted by molar-refractivity contribution is 6.49. The smallest absolute Gasteiger partial charge is 0.239 e. The van der Waals surface area contributed by atoms with Crippen LogP contribution in [0.15, 0.2) is 18.2 Å². The Morgan fingerprint density at radius 3 is 2.35 bits per heavy atom. The summed E-state index contributed by atoms with van der Waals surface area (Å²) in [5.41, 5.74) is -1.42. The van der Waals surface area contributed by atoms with E-state index in [0.29, 0.717) is 23.6 Å². The molecule has 2 atom stereocenters. The summed E-state index contributed by atoms with van der Waals surface area (Å²) in [6.07, 6.45) is 0.971. The lowest BCUT2D eigenvalue weighted by Gasteiger charge is -2.37. The van der Waals surface area contributed by atoms with Crippen LogP contribution in [0.5, 0.6) is 0 Å². The number of benzene rings is 1. The Morgan fingerprint density at radius 1 is 1.13 bits per heavy atom. The zero-order valence-corrected chi connectivity index (χ0v) is 14.5. The number of halogens is 1. The number of fused-ring (bicyclic) bond motifs is 2. The van der Waals surface area contributed by atoms with Crippen LogP contribution in [-0.4, -0.2) is 17.5 Å². The zero-order chi connectivity index (χ0) is 17.2. The van der Waals surface area contributed by atoms with E-state index in [-0.39, 0.29) is 0 Å². The van der Waals surface area contributed by atoms with Crippen LogP contribution >= 0.6 is 11.6 Å². The second kappa shape index (κ2) is 4.67. The molecule has 0 aromatic heterocycles. The van der Waals surface area contributed by atoms with E-state index in [1.807, 2.05) is 13.8 Å². The second-order valence-electron chi connectivity index (χ2n) is 7.39. The third-order valence-electron chi connectivity index (χ3n) is 6.44. The molecule has 1 N–H and O–H groups in total. The van der Waals surface area contributed by atoms with Crippen molar-refractivity contribution in [2.24, 2.45) is 16.2 Å². The van der Waals surface area contributed by atoms with E-state index < -0.39 is 33.7 Å². The molecular weight excluding hydrogens is 314 g/mol. The van der Waals surface area contributed by atoms with E-state index in [0.717, 1.165) is 5.56 Å². The Balaban J connectivity index is 2.04. The lowest BCUT2D eigenvalue weighted by atomic mass is 9.64. The summed E-state index contributed by atoms with van der Waals surface area (Å²) in [4.78, 5) is 38.1. The first kappa shape index (κ1) is 16.2. The highest BCUT2D eigenvalue weighted by Gasteiger charge is 2.77. The van der Waals surface area contributed by atoms with Gasteiger partial charge in [-0.25, -0.2) is 0 Å². The Kier molecular flexibility index (Phi) is 3.28. The first-order chi connectivity index (χ1) is 10.6. The molecule has 0 spiro atoms. The molecule has 0 radical (unpaired) electrons. The predicted molar refractivity (Wildman–Crippen MR) is 88.4 cm³/mol. The summed E-state index contributed by atoms with van der Waals surface area (Å²) < 4.78 is 0. The maximum atomic E-state index is 13.0. The van der Waals surface area contributed by atoms with Crippen molar-refractivity contribution < 1.29 is 14.4 Å². The molecule has 1 amide bonds. The average Bonchev–Trinajstić information content (AvgIpc) is 2.76. The summed E-state index contributed by atoms with van der Waals surface area (Å²) in [5, 5.41) is 3.38. The van der Waals surface area contributed by atoms with E-state index in [9.17, 15) is 14.4 Å². The van der Waals surface area contributed by atoms with Gasteiger partial charge in [0.05, 0.1) is 0 Å². The predicted octanol–water partition coefficient (Wildman–Crippen LogP) is 3.55. The second-order valence-corrected chi connectivity index (χ2v) is 7.79. The van der Waals surface area contributed by atoms with Gasteiger partial charge in [-0.05, 0) is 42.9 Å². The molecule has 1 aromatic rings. The van der Waals surface area contributed by atoms with Crippen LogP contribution in [0.1, 0.15) is 39.2 Å². The highest BCUT2D eigenvalue weighted by atomic mass is 35.5. The molecule has 4 nitrogen and oxygen atoms in total. The lowest BCUT2D eigenvalue weighted by molar-refractivity contribution is -0.147. The first-order valence-electron chi connectivity index (χ1n) is 7.75. The van der Waals surface area contributed by atoms with Gasteiger partial charge in [-0.2, -0.15) is 0 Å². The Bertz CT molecular complexity index is 755. The van der Waals surface area contributed by atoms with Crippen LogP contribution in [0.25, 0.3) is 0 Å². The molecule has 3 rings (SSSR count). The number of hydrogen-bond donors (Lipinski definition) is 1. The van der Waals surface area contributed by atoms with Gasteiger partial charge in [0.2, 0.25) is 17.5 Å². The SMILES string of the molecule is Cc1c(Cl)cccc1NC(=O)C12CCC(C)(C(=O)C1=O)C2(C)C. The van der Waals surface area contributed by atoms with Crippen LogP contribution in [-0.2, 0) is 14.4 Å². The molecule has 0 saturated heterocycles. The van der Waals surface area contributed by atoms with Crippen LogP contribution in [0, 0.1) is 23.2 Å². The van der Waals surface area contributed by atoms with Crippen molar-refractivity contribution >= 4 is 34.8 Å². The third kappa shape index (κ3) is 1.70. The average molecular weight is 334 g/mol. The molecule has 23 heavy (non-hydrogen) atoms. The minimum absolute atomic E-state index is 0.396. The molecule has 0 aliphatic heterocycles. The number of amides is 1. The van der Waals surface area contributed by atoms with Crippen molar-refractivity contribution in [3.05, 3.63) is 28.8 Å². The van der Waals surface area contributed by atoms with Gasteiger partial charge < -0.3 is 5.32 Å². The fraction of sp³-hybridized carbons (Fsp3) is 0.500. The van der Waals surface area contributed by atoms with Crippen LogP contribution in [0.2, 0.25) is 5.02 Å². The zero-order valence-electron chi connectivity index (χ0n) is 13.7. The van der Waals surface area contributed by atoms with Gasteiger partial charge in [-0.15, -0.1) is 0 Å². The largest absolute Gasteiger partial charge is 0.325 e. The van der Waals surface area contributed by atoms with Gasteiger partial charge in [0.1, 0.15) is 5.41 Å². The summed E-state index contributed by atoms with van der Waals surface area (Å²) >= 11 is 6.09. The Hall–Kier alpha value is -1.68. The van der Waals surface area contributed by atoms with Crippen molar-refractivity contribution in [3.8, 4) is 0 Å². The number of nitrogens with one attached hydrogen (secondary N) is 1. The van der Waals surface area contributed by atoms with Crippen LogP contribution in [0.4, 0.5) is 5.69 Å². The first-order valence-corrected chi connectivity index (χ1v) is 8.13. The van der Waals surface area contributed by atoms with E-state index in [2.05, 4.69) is 5.32 Å². The summed E-state index contributed by atoms with van der Waals surface area (Å²) in [5.74, 6) is -1.35. The van der Waals surface area contributed by atoms with Crippen molar-refractivity contribution in [3.63, 3.8) is 0 Å². The van der Waals surface area contributed by atoms with E-state index in [1.165, 1.54) is 0 Å². The summed E-state index contributed by atoms with van der Waals surface area (Å²) in [6, 6.07) is 5.23. The molecule has 0 heterocycles. The molecule has 2 unspecified atom stereocenters. The van der Waals surface area contributed by atoms with Gasteiger partial charge in [0.25, 0.3) is 0 Å². The van der Waals surface area contributed by atoms with Gasteiger partial charge in [0.15, 0.2) is 0 Å². The number of rotatable bonds is 2. The van der Waals surface area contributed by atoms with Crippen molar-refractivity contribution in [2.45, 2.75) is 40.5 Å². The summed E-state index contributed by atoms with van der Waals surface area (Å²) in [7, 11) is 0. The maximum absolute atomic E-state index is 13.0. The van der Waals surface area contributed by atoms with Crippen molar-refractivity contribution in [1.29, 1.82) is 0 Å². The molecule has 2 fully saturated rings. The molecule has 2 bridgehead atoms. The Morgan fingerprint density at radius 2 is 1.78 bits per heavy atom. The maximum Gasteiger partial charge on any atom is 0.239 e. The van der Waals surface area contributed by atoms with Gasteiger partial charge in [-0.3, -0.25) is 14.4 Å². The van der Waals surface area contributed by atoms with Crippen molar-refractivity contribution in [1.82, 2.24) is 0 Å². The van der Waals surface area contributed by atoms with E-state index in [4.69, 9.17) is 11.6 Å². The number of Topliss-reactive ketones (excluding diaryl/α,β-unsaturated/α-hetero) is 2. The molecular formula is C18H20ClNO3. The molecule has 2 aliphatic rings.